The average Bonchev–Trinajstić information content (AvgIpc) is 2.61. The van der Waals surface area contributed by atoms with Gasteiger partial charge in [0, 0.05) is 11.6 Å². The Bertz CT molecular complexity index is 359. The van der Waals surface area contributed by atoms with Crippen LogP contribution in [0, 0.1) is 0 Å². The SMILES string of the molecule is CC1(c2nccs2)CC(=O)OC1=O. The van der Waals surface area contributed by atoms with Gasteiger partial charge in [0.2, 0.25) is 0 Å². The molecule has 13 heavy (non-hydrogen) atoms. The zero-order valence-electron chi connectivity index (χ0n) is 6.94. The van der Waals surface area contributed by atoms with Crippen molar-refractivity contribution < 1.29 is 14.3 Å². The molecule has 0 aliphatic carbocycles. The fraction of sp³-hybridized carbons (Fsp3) is 0.375. The molecule has 1 fully saturated rings. The molecule has 0 bridgehead atoms. The third-order valence-corrected chi connectivity index (χ3v) is 3.10. The second kappa shape index (κ2) is 2.63. The molecule has 1 aliphatic heterocycles. The second-order valence-electron chi connectivity index (χ2n) is 3.11. The number of aromatic nitrogens is 1. The number of thiazole rings is 1. The largest absolute Gasteiger partial charge is 0.392 e. The lowest BCUT2D eigenvalue weighted by Crippen LogP contribution is -2.27. The smallest absolute Gasteiger partial charge is 0.327 e. The zero-order valence-corrected chi connectivity index (χ0v) is 7.76. The first-order valence-electron chi connectivity index (χ1n) is 3.78. The summed E-state index contributed by atoms with van der Waals surface area (Å²) in [6, 6.07) is 0. The number of ether oxygens (including phenoxy) is 1. The lowest BCUT2D eigenvalue weighted by Gasteiger charge is -2.12. The van der Waals surface area contributed by atoms with Crippen LogP contribution in [-0.4, -0.2) is 16.9 Å². The molecule has 0 spiro atoms. The lowest BCUT2D eigenvalue weighted by atomic mass is 9.90. The highest BCUT2D eigenvalue weighted by Gasteiger charge is 2.48. The molecule has 0 radical (unpaired) electrons. The van der Waals surface area contributed by atoms with Gasteiger partial charge in [-0.3, -0.25) is 9.59 Å². The predicted octanol–water partition coefficient (Wildman–Crippen LogP) is 0.874. The fourth-order valence-corrected chi connectivity index (χ4v) is 2.06. The van der Waals surface area contributed by atoms with E-state index < -0.39 is 17.4 Å². The molecule has 0 saturated carbocycles. The Morgan fingerprint density at radius 2 is 2.38 bits per heavy atom. The van der Waals surface area contributed by atoms with Crippen molar-refractivity contribution in [2.75, 3.05) is 0 Å². The summed E-state index contributed by atoms with van der Waals surface area (Å²) < 4.78 is 4.49. The molecule has 4 nitrogen and oxygen atoms in total. The van der Waals surface area contributed by atoms with Crippen molar-refractivity contribution in [1.29, 1.82) is 0 Å². The molecule has 2 heterocycles. The predicted molar refractivity (Wildman–Crippen MR) is 45.2 cm³/mol. The maximum Gasteiger partial charge on any atom is 0.327 e. The van der Waals surface area contributed by atoms with Crippen LogP contribution in [-0.2, 0) is 19.7 Å². The average molecular weight is 197 g/mol. The van der Waals surface area contributed by atoms with E-state index in [1.165, 1.54) is 11.3 Å². The summed E-state index contributed by atoms with van der Waals surface area (Å²) in [6.45, 7) is 1.68. The van der Waals surface area contributed by atoms with Crippen molar-refractivity contribution in [2.45, 2.75) is 18.8 Å². The number of nitrogens with zero attached hydrogens (tertiary/aromatic N) is 1. The van der Waals surface area contributed by atoms with Crippen LogP contribution in [0.25, 0.3) is 0 Å². The molecular formula is C8H7NO3S. The van der Waals surface area contributed by atoms with Crippen molar-refractivity contribution in [3.63, 3.8) is 0 Å². The van der Waals surface area contributed by atoms with Crippen LogP contribution in [0.15, 0.2) is 11.6 Å². The Kier molecular flexibility index (Phi) is 1.69. The summed E-state index contributed by atoms with van der Waals surface area (Å²) in [5, 5.41) is 2.42. The Labute approximate surface area is 78.5 Å². The first-order valence-corrected chi connectivity index (χ1v) is 4.66. The van der Waals surface area contributed by atoms with Crippen molar-refractivity contribution in [3.8, 4) is 0 Å². The van der Waals surface area contributed by atoms with Crippen LogP contribution in [0.2, 0.25) is 0 Å². The summed E-state index contributed by atoms with van der Waals surface area (Å²) in [5.41, 5.74) is -0.856. The van der Waals surface area contributed by atoms with Crippen LogP contribution in [0.5, 0.6) is 0 Å². The van der Waals surface area contributed by atoms with Crippen LogP contribution in [0.3, 0.4) is 0 Å². The number of carbonyl (C=O) groups excluding carboxylic acids is 2. The molecule has 5 heteroatoms. The van der Waals surface area contributed by atoms with Crippen LogP contribution in [0.1, 0.15) is 18.4 Å². The Balaban J connectivity index is 2.42. The first-order chi connectivity index (χ1) is 6.13. The van der Waals surface area contributed by atoms with Crippen molar-refractivity contribution in [1.82, 2.24) is 4.98 Å². The van der Waals surface area contributed by atoms with Gasteiger partial charge in [0.05, 0.1) is 6.42 Å². The molecule has 1 aliphatic rings. The quantitative estimate of drug-likeness (QED) is 0.495. The first kappa shape index (κ1) is 8.37. The van der Waals surface area contributed by atoms with Crippen LogP contribution >= 0.6 is 11.3 Å². The minimum absolute atomic E-state index is 0.0966. The molecule has 1 aromatic rings. The third-order valence-electron chi connectivity index (χ3n) is 2.06. The molecule has 68 valence electrons. The number of carbonyl (C=O) groups is 2. The highest BCUT2D eigenvalue weighted by atomic mass is 32.1. The molecule has 0 N–H and O–H groups in total. The molecule has 1 saturated heterocycles. The highest BCUT2D eigenvalue weighted by Crippen LogP contribution is 2.35. The molecule has 2 rings (SSSR count). The normalized spacial score (nSPS) is 27.8. The van der Waals surface area contributed by atoms with Gasteiger partial charge < -0.3 is 4.74 Å². The van der Waals surface area contributed by atoms with Gasteiger partial charge in [0.1, 0.15) is 10.4 Å². The van der Waals surface area contributed by atoms with Gasteiger partial charge in [-0.05, 0) is 6.92 Å². The molecular weight excluding hydrogens is 190 g/mol. The van der Waals surface area contributed by atoms with Crippen molar-refractivity contribution >= 4 is 23.3 Å². The summed E-state index contributed by atoms with van der Waals surface area (Å²) in [7, 11) is 0. The van der Waals surface area contributed by atoms with Gasteiger partial charge in [0.15, 0.2) is 0 Å². The van der Waals surface area contributed by atoms with E-state index in [9.17, 15) is 9.59 Å². The summed E-state index contributed by atoms with van der Waals surface area (Å²) in [5.74, 6) is -0.963. The number of hydrogen-bond acceptors (Lipinski definition) is 5. The van der Waals surface area contributed by atoms with E-state index in [0.717, 1.165) is 0 Å². The van der Waals surface area contributed by atoms with E-state index in [-0.39, 0.29) is 6.42 Å². The van der Waals surface area contributed by atoms with Gasteiger partial charge in [-0.1, -0.05) is 0 Å². The van der Waals surface area contributed by atoms with Gasteiger partial charge in [-0.2, -0.15) is 0 Å². The Morgan fingerprint density at radius 1 is 1.62 bits per heavy atom. The van der Waals surface area contributed by atoms with Crippen molar-refractivity contribution in [3.05, 3.63) is 16.6 Å². The van der Waals surface area contributed by atoms with Crippen molar-refractivity contribution in [2.24, 2.45) is 0 Å². The van der Waals surface area contributed by atoms with E-state index in [1.54, 1.807) is 18.5 Å². The second-order valence-corrected chi connectivity index (χ2v) is 4.00. The number of rotatable bonds is 1. The van der Waals surface area contributed by atoms with E-state index >= 15 is 0 Å². The van der Waals surface area contributed by atoms with Crippen LogP contribution in [0.4, 0.5) is 0 Å². The van der Waals surface area contributed by atoms with Gasteiger partial charge in [0.25, 0.3) is 0 Å². The highest BCUT2D eigenvalue weighted by molar-refractivity contribution is 7.09. The Morgan fingerprint density at radius 3 is 2.85 bits per heavy atom. The molecule has 0 aromatic carbocycles. The summed E-state index contributed by atoms with van der Waals surface area (Å²) >= 11 is 1.36. The van der Waals surface area contributed by atoms with E-state index in [1.807, 2.05) is 0 Å². The monoisotopic (exact) mass is 197 g/mol. The number of hydrogen-bond donors (Lipinski definition) is 0. The molecule has 1 unspecified atom stereocenters. The van der Waals surface area contributed by atoms with E-state index in [0.29, 0.717) is 5.01 Å². The van der Waals surface area contributed by atoms with E-state index in [2.05, 4.69) is 9.72 Å². The number of esters is 2. The van der Waals surface area contributed by atoms with Crippen LogP contribution < -0.4 is 0 Å². The standard InChI is InChI=1S/C8H7NO3S/c1-8(6-9-2-3-13-6)4-5(10)12-7(8)11/h2-3H,4H2,1H3. The Hall–Kier alpha value is -1.23. The fourth-order valence-electron chi connectivity index (χ4n) is 1.27. The molecule has 1 aromatic heterocycles. The maximum atomic E-state index is 11.3. The van der Waals surface area contributed by atoms with E-state index in [4.69, 9.17) is 0 Å². The maximum absolute atomic E-state index is 11.3. The third kappa shape index (κ3) is 1.16. The zero-order chi connectivity index (χ0) is 9.47. The van der Waals surface area contributed by atoms with Gasteiger partial charge in [-0.15, -0.1) is 11.3 Å². The molecule has 1 atom stereocenters. The minimum atomic E-state index is -0.856. The lowest BCUT2D eigenvalue weighted by molar-refractivity contribution is -0.153. The summed E-state index contributed by atoms with van der Waals surface area (Å²) in [4.78, 5) is 26.2. The number of cyclic esters (lactones) is 2. The summed E-state index contributed by atoms with van der Waals surface area (Å²) in [6.07, 6.45) is 1.71. The van der Waals surface area contributed by atoms with Gasteiger partial charge >= 0.3 is 11.9 Å². The van der Waals surface area contributed by atoms with Gasteiger partial charge in [-0.25, -0.2) is 4.98 Å². The minimum Gasteiger partial charge on any atom is -0.392 e. The topological polar surface area (TPSA) is 56.3 Å². The molecule has 0 amide bonds.